The van der Waals surface area contributed by atoms with Crippen molar-refractivity contribution in [2.75, 3.05) is 0 Å². The van der Waals surface area contributed by atoms with Crippen molar-refractivity contribution in [2.45, 2.75) is 77.5 Å². The lowest BCUT2D eigenvalue weighted by Crippen LogP contribution is -2.38. The average Bonchev–Trinajstić information content (AvgIpc) is 2.83. The maximum absolute atomic E-state index is 15.7. The second kappa shape index (κ2) is 11.8. The summed E-state index contributed by atoms with van der Waals surface area (Å²) in [6.07, 6.45) is 8.16. The Kier molecular flexibility index (Phi) is 8.82. The van der Waals surface area contributed by atoms with Gasteiger partial charge in [0.2, 0.25) is 6.36 Å². The second-order valence-corrected chi connectivity index (χ2v) is 8.81. The largest absolute Gasteiger partial charge is 0.459 e. The maximum Gasteiger partial charge on any atom is 0.347 e. The first-order chi connectivity index (χ1) is 16.0. The van der Waals surface area contributed by atoms with Gasteiger partial charge >= 0.3 is 5.97 Å². The smallest absolute Gasteiger partial charge is 0.347 e. The highest BCUT2D eigenvalue weighted by molar-refractivity contribution is 5.94. The van der Waals surface area contributed by atoms with E-state index in [0.717, 1.165) is 70.3 Å². The highest BCUT2D eigenvalue weighted by Crippen LogP contribution is 2.45. The summed E-state index contributed by atoms with van der Waals surface area (Å²) in [5.41, 5.74) is -0.614. The third kappa shape index (κ3) is 6.31. The summed E-state index contributed by atoms with van der Waals surface area (Å²) in [5, 5.41) is 8.85. The minimum Gasteiger partial charge on any atom is -0.459 e. The Bertz CT molecular complexity index is 980. The lowest BCUT2D eigenvalue weighted by molar-refractivity contribution is -0.0796. The van der Waals surface area contributed by atoms with E-state index in [9.17, 15) is 9.18 Å². The van der Waals surface area contributed by atoms with Gasteiger partial charge in [-0.25, -0.2) is 13.6 Å². The summed E-state index contributed by atoms with van der Waals surface area (Å²) in [5.74, 6) is -1.48. The molecule has 1 fully saturated rings. The summed E-state index contributed by atoms with van der Waals surface area (Å²) in [6.45, 7) is 2.15. The Morgan fingerprint density at radius 1 is 1.12 bits per heavy atom. The van der Waals surface area contributed by atoms with Gasteiger partial charge in [0, 0.05) is 11.5 Å². The highest BCUT2D eigenvalue weighted by atomic mass is 19.1. The molecule has 4 nitrogen and oxygen atoms in total. The van der Waals surface area contributed by atoms with Crippen molar-refractivity contribution < 1.29 is 23.0 Å². The molecule has 3 rings (SSSR count). The van der Waals surface area contributed by atoms with Crippen molar-refractivity contribution in [3.63, 3.8) is 0 Å². The summed E-state index contributed by atoms with van der Waals surface area (Å²) >= 11 is 0. The van der Waals surface area contributed by atoms with Crippen molar-refractivity contribution >= 4 is 5.97 Å². The molecule has 0 aromatic heterocycles. The molecule has 1 unspecified atom stereocenters. The molecule has 33 heavy (non-hydrogen) atoms. The molecule has 1 atom stereocenters. The number of rotatable bonds is 10. The molecule has 0 heterocycles. The van der Waals surface area contributed by atoms with Gasteiger partial charge in [0.15, 0.2) is 0 Å². The van der Waals surface area contributed by atoms with Crippen molar-refractivity contribution in [1.29, 1.82) is 5.26 Å². The topological polar surface area (TPSA) is 59.3 Å². The van der Waals surface area contributed by atoms with Crippen LogP contribution in [-0.4, -0.2) is 12.3 Å². The number of para-hydroxylation sites is 1. The van der Waals surface area contributed by atoms with E-state index in [4.69, 9.17) is 14.7 Å². The van der Waals surface area contributed by atoms with E-state index in [-0.39, 0.29) is 22.6 Å². The van der Waals surface area contributed by atoms with Crippen LogP contribution >= 0.6 is 0 Å². The molecular weight excluding hydrogens is 424 g/mol. The molecule has 1 aliphatic rings. The van der Waals surface area contributed by atoms with E-state index in [2.05, 4.69) is 6.92 Å². The van der Waals surface area contributed by atoms with Crippen LogP contribution in [0.1, 0.15) is 87.1 Å². The SMILES string of the molecule is CCCCCCC1(C(F)Oc2ccccc2C(=O)Oc2ccc(C#N)c(F)c2)CCCCC1. The van der Waals surface area contributed by atoms with Gasteiger partial charge < -0.3 is 9.47 Å². The highest BCUT2D eigenvalue weighted by Gasteiger charge is 2.41. The fourth-order valence-corrected chi connectivity index (χ4v) is 4.54. The minimum absolute atomic E-state index is 0.0391. The molecule has 6 heteroatoms. The Balaban J connectivity index is 1.75. The van der Waals surface area contributed by atoms with Crippen LogP contribution in [0, 0.1) is 22.6 Å². The number of esters is 1. The number of hydrogen-bond donors (Lipinski definition) is 0. The molecule has 2 aromatic carbocycles. The fraction of sp³-hybridized carbons (Fsp3) is 0.481. The van der Waals surface area contributed by atoms with Gasteiger partial charge in [0.25, 0.3) is 0 Å². The van der Waals surface area contributed by atoms with Crippen LogP contribution in [0.4, 0.5) is 8.78 Å². The molecule has 0 radical (unpaired) electrons. The fourth-order valence-electron chi connectivity index (χ4n) is 4.54. The van der Waals surface area contributed by atoms with E-state index in [1.165, 1.54) is 18.2 Å². The van der Waals surface area contributed by atoms with Crippen LogP contribution in [0.15, 0.2) is 42.5 Å². The lowest BCUT2D eigenvalue weighted by Gasteiger charge is -2.39. The number of hydrogen-bond acceptors (Lipinski definition) is 4. The number of benzene rings is 2. The van der Waals surface area contributed by atoms with E-state index in [1.807, 2.05) is 0 Å². The number of carbonyl (C=O) groups is 1. The van der Waals surface area contributed by atoms with Gasteiger partial charge in [-0.3, -0.25) is 0 Å². The molecule has 176 valence electrons. The molecule has 1 saturated carbocycles. The van der Waals surface area contributed by atoms with Gasteiger partial charge in [-0.15, -0.1) is 0 Å². The molecule has 0 saturated heterocycles. The molecule has 0 N–H and O–H groups in total. The van der Waals surface area contributed by atoms with E-state index >= 15 is 4.39 Å². The number of unbranched alkanes of at least 4 members (excludes halogenated alkanes) is 3. The zero-order valence-corrected chi connectivity index (χ0v) is 19.1. The molecule has 0 bridgehead atoms. The van der Waals surface area contributed by atoms with Crippen molar-refractivity contribution in [3.8, 4) is 17.6 Å². The van der Waals surface area contributed by atoms with Gasteiger partial charge in [-0.2, -0.15) is 5.26 Å². The first kappa shape index (κ1) is 24.7. The Morgan fingerprint density at radius 3 is 2.58 bits per heavy atom. The minimum atomic E-state index is -1.53. The summed E-state index contributed by atoms with van der Waals surface area (Å²) in [6, 6.07) is 11.6. The average molecular weight is 456 g/mol. The quantitative estimate of drug-likeness (QED) is 0.211. The van der Waals surface area contributed by atoms with Gasteiger partial charge in [0.05, 0.1) is 5.56 Å². The molecule has 0 amide bonds. The number of nitriles is 1. The van der Waals surface area contributed by atoms with Gasteiger partial charge in [-0.05, 0) is 43.5 Å². The second-order valence-electron chi connectivity index (χ2n) is 8.81. The maximum atomic E-state index is 15.7. The van der Waals surface area contributed by atoms with Crippen LogP contribution in [0.25, 0.3) is 0 Å². The lowest BCUT2D eigenvalue weighted by atomic mass is 9.70. The predicted octanol–water partition coefficient (Wildman–Crippen LogP) is 7.51. The first-order valence-corrected chi connectivity index (χ1v) is 11.8. The number of nitrogens with zero attached hydrogens (tertiary/aromatic N) is 1. The molecule has 0 aliphatic heterocycles. The first-order valence-electron chi connectivity index (χ1n) is 11.8. The number of carbonyl (C=O) groups excluding carboxylic acids is 1. The third-order valence-corrected chi connectivity index (χ3v) is 6.47. The van der Waals surface area contributed by atoms with Crippen LogP contribution in [0.3, 0.4) is 0 Å². The van der Waals surface area contributed by atoms with Crippen molar-refractivity contribution in [3.05, 3.63) is 59.4 Å². The van der Waals surface area contributed by atoms with E-state index < -0.39 is 23.6 Å². The zero-order valence-electron chi connectivity index (χ0n) is 19.1. The number of alkyl halides is 1. The standard InChI is InChI=1S/C27H31F2NO3/c1-2-3-4-8-15-27(16-9-5-10-17-27)26(29)33-24-12-7-6-11-22(24)25(31)32-21-14-13-20(19-30)23(28)18-21/h6-7,11-14,18,26H,2-5,8-10,15-17H2,1H3. The monoisotopic (exact) mass is 455 g/mol. The van der Waals surface area contributed by atoms with Crippen LogP contribution in [-0.2, 0) is 0 Å². The summed E-state index contributed by atoms with van der Waals surface area (Å²) in [7, 11) is 0. The number of ether oxygens (including phenoxy) is 2. The van der Waals surface area contributed by atoms with Gasteiger partial charge in [-0.1, -0.05) is 64.0 Å². The van der Waals surface area contributed by atoms with Crippen LogP contribution in [0.2, 0.25) is 0 Å². The molecule has 2 aromatic rings. The predicted molar refractivity (Wildman–Crippen MR) is 122 cm³/mol. The molecule has 1 aliphatic carbocycles. The number of halogens is 2. The van der Waals surface area contributed by atoms with E-state index in [0.29, 0.717) is 0 Å². The van der Waals surface area contributed by atoms with Crippen molar-refractivity contribution in [2.24, 2.45) is 5.41 Å². The Morgan fingerprint density at radius 2 is 1.88 bits per heavy atom. The van der Waals surface area contributed by atoms with Crippen molar-refractivity contribution in [1.82, 2.24) is 0 Å². The van der Waals surface area contributed by atoms with Crippen LogP contribution < -0.4 is 9.47 Å². The third-order valence-electron chi connectivity index (χ3n) is 6.47. The van der Waals surface area contributed by atoms with Gasteiger partial charge in [0.1, 0.15) is 28.9 Å². The normalized spacial score (nSPS) is 15.9. The molecular formula is C27H31F2NO3. The summed E-state index contributed by atoms with van der Waals surface area (Å²) in [4.78, 5) is 12.8. The molecule has 0 spiro atoms. The Hall–Kier alpha value is -2.94. The van der Waals surface area contributed by atoms with E-state index in [1.54, 1.807) is 24.3 Å². The zero-order chi connectivity index (χ0) is 23.7. The van der Waals surface area contributed by atoms with Crippen LogP contribution in [0.5, 0.6) is 11.5 Å². The Labute approximate surface area is 194 Å². The summed E-state index contributed by atoms with van der Waals surface area (Å²) < 4.78 is 40.6.